The lowest BCUT2D eigenvalue weighted by Crippen LogP contribution is -2.28. The highest BCUT2D eigenvalue weighted by atomic mass is 32.2. The third-order valence-corrected chi connectivity index (χ3v) is 4.45. The van der Waals surface area contributed by atoms with Gasteiger partial charge >= 0.3 is 0 Å². The smallest absolute Gasteiger partial charge is 0.266 e. The molecule has 3 heterocycles. The van der Waals surface area contributed by atoms with Crippen LogP contribution in [0.1, 0.15) is 12.6 Å². The summed E-state index contributed by atoms with van der Waals surface area (Å²) < 4.78 is 0. The van der Waals surface area contributed by atoms with Gasteiger partial charge in [-0.25, -0.2) is 4.98 Å². The SMILES string of the molecule is CCN1C(=O)/C(=C/c2ccccn2)S/C1=N/c1nccs1. The first-order valence-electron chi connectivity index (χ1n) is 6.38. The number of amidine groups is 1. The van der Waals surface area contributed by atoms with E-state index >= 15 is 0 Å². The van der Waals surface area contributed by atoms with Gasteiger partial charge in [-0.2, -0.15) is 4.99 Å². The third-order valence-electron chi connectivity index (χ3n) is 2.78. The zero-order valence-electron chi connectivity index (χ0n) is 11.3. The number of thiazole rings is 1. The van der Waals surface area contributed by atoms with Crippen molar-refractivity contribution in [2.45, 2.75) is 6.92 Å². The number of hydrogen-bond acceptors (Lipinski definition) is 6. The quantitative estimate of drug-likeness (QED) is 0.816. The second-order valence-electron chi connectivity index (χ2n) is 4.12. The van der Waals surface area contributed by atoms with E-state index in [1.54, 1.807) is 23.4 Å². The molecule has 0 unspecified atom stereocenters. The molecule has 0 bridgehead atoms. The summed E-state index contributed by atoms with van der Waals surface area (Å²) in [5.41, 5.74) is 0.764. The highest BCUT2D eigenvalue weighted by Crippen LogP contribution is 2.33. The van der Waals surface area contributed by atoms with Crippen molar-refractivity contribution in [1.29, 1.82) is 0 Å². The number of thioether (sulfide) groups is 1. The van der Waals surface area contributed by atoms with Gasteiger partial charge in [0.25, 0.3) is 5.91 Å². The minimum atomic E-state index is -0.0385. The monoisotopic (exact) mass is 316 g/mol. The maximum absolute atomic E-state index is 12.4. The molecule has 106 valence electrons. The molecular weight excluding hydrogens is 304 g/mol. The standard InChI is InChI=1S/C14H12N4OS2/c1-2-18-12(19)11(9-10-5-3-4-6-15-10)21-14(18)17-13-16-7-8-20-13/h3-9H,2H2,1H3/b11-9-,17-14+. The second-order valence-corrected chi connectivity index (χ2v) is 6.01. The van der Waals surface area contributed by atoms with E-state index in [9.17, 15) is 4.79 Å². The summed E-state index contributed by atoms with van der Waals surface area (Å²) in [5.74, 6) is -0.0385. The van der Waals surface area contributed by atoms with Gasteiger partial charge in [0.05, 0.1) is 10.6 Å². The Morgan fingerprint density at radius 2 is 2.24 bits per heavy atom. The summed E-state index contributed by atoms with van der Waals surface area (Å²) >= 11 is 2.81. The summed E-state index contributed by atoms with van der Waals surface area (Å²) in [7, 11) is 0. The van der Waals surface area contributed by atoms with Gasteiger partial charge in [-0.1, -0.05) is 6.07 Å². The van der Waals surface area contributed by atoms with E-state index in [1.807, 2.05) is 30.5 Å². The highest BCUT2D eigenvalue weighted by Gasteiger charge is 2.32. The van der Waals surface area contributed by atoms with Crippen LogP contribution in [0.4, 0.5) is 5.13 Å². The minimum Gasteiger partial charge on any atom is -0.287 e. The molecule has 1 fully saturated rings. The van der Waals surface area contributed by atoms with Gasteiger partial charge in [0.1, 0.15) is 0 Å². The van der Waals surface area contributed by atoms with Crippen LogP contribution < -0.4 is 0 Å². The normalized spacial score (nSPS) is 18.9. The van der Waals surface area contributed by atoms with Crippen LogP contribution in [0.5, 0.6) is 0 Å². The predicted molar refractivity (Wildman–Crippen MR) is 86.4 cm³/mol. The van der Waals surface area contributed by atoms with E-state index < -0.39 is 0 Å². The van der Waals surface area contributed by atoms with Crippen molar-refractivity contribution in [3.63, 3.8) is 0 Å². The molecule has 0 aromatic carbocycles. The molecule has 1 aliphatic heterocycles. The number of likely N-dealkylation sites (N-methyl/N-ethyl adjacent to an activating group) is 1. The van der Waals surface area contributed by atoms with E-state index in [2.05, 4.69) is 15.0 Å². The summed E-state index contributed by atoms with van der Waals surface area (Å²) in [4.78, 5) is 27.5. The van der Waals surface area contributed by atoms with E-state index in [4.69, 9.17) is 0 Å². The highest BCUT2D eigenvalue weighted by molar-refractivity contribution is 8.18. The average molecular weight is 316 g/mol. The Morgan fingerprint density at radius 3 is 2.90 bits per heavy atom. The van der Waals surface area contributed by atoms with Gasteiger partial charge in [0.2, 0.25) is 5.13 Å². The molecule has 3 rings (SSSR count). The maximum Gasteiger partial charge on any atom is 0.266 e. The first-order chi connectivity index (χ1) is 10.3. The van der Waals surface area contributed by atoms with E-state index in [1.165, 1.54) is 23.1 Å². The molecule has 2 aromatic heterocycles. The molecule has 0 radical (unpaired) electrons. The minimum absolute atomic E-state index is 0.0385. The Bertz CT molecular complexity index is 695. The molecule has 0 aliphatic carbocycles. The van der Waals surface area contributed by atoms with Gasteiger partial charge in [-0.15, -0.1) is 11.3 Å². The topological polar surface area (TPSA) is 58.5 Å². The molecule has 0 N–H and O–H groups in total. The van der Waals surface area contributed by atoms with Gasteiger partial charge in [0, 0.05) is 24.3 Å². The number of nitrogens with zero attached hydrogens (tertiary/aromatic N) is 4. The lowest BCUT2D eigenvalue weighted by atomic mass is 10.3. The van der Waals surface area contributed by atoms with Crippen LogP contribution in [-0.2, 0) is 4.79 Å². The first-order valence-corrected chi connectivity index (χ1v) is 8.08. The van der Waals surface area contributed by atoms with Crippen LogP contribution in [0.15, 0.2) is 45.9 Å². The molecule has 2 aromatic rings. The summed E-state index contributed by atoms with van der Waals surface area (Å²) in [6.07, 6.45) is 5.20. The Hall–Kier alpha value is -1.99. The van der Waals surface area contributed by atoms with E-state index in [0.717, 1.165) is 5.69 Å². The van der Waals surface area contributed by atoms with Crippen molar-refractivity contribution in [2.75, 3.05) is 6.54 Å². The van der Waals surface area contributed by atoms with E-state index in [-0.39, 0.29) is 5.91 Å². The van der Waals surface area contributed by atoms with Crippen molar-refractivity contribution in [3.05, 3.63) is 46.6 Å². The Labute approximate surface area is 130 Å². The summed E-state index contributed by atoms with van der Waals surface area (Å²) in [6, 6.07) is 5.61. The van der Waals surface area contributed by atoms with Crippen molar-refractivity contribution < 1.29 is 4.79 Å². The Kier molecular flexibility index (Phi) is 4.12. The fraction of sp³-hybridized carbons (Fsp3) is 0.143. The maximum atomic E-state index is 12.4. The summed E-state index contributed by atoms with van der Waals surface area (Å²) in [6.45, 7) is 2.51. The van der Waals surface area contributed by atoms with Crippen LogP contribution in [0.3, 0.4) is 0 Å². The van der Waals surface area contributed by atoms with Crippen molar-refractivity contribution in [1.82, 2.24) is 14.9 Å². The van der Waals surface area contributed by atoms with Gasteiger partial charge in [0.15, 0.2) is 5.17 Å². The fourth-order valence-corrected chi connectivity index (χ4v) is 3.41. The molecule has 0 atom stereocenters. The fourth-order valence-electron chi connectivity index (χ4n) is 1.82. The van der Waals surface area contributed by atoms with Crippen LogP contribution in [0, 0.1) is 0 Å². The van der Waals surface area contributed by atoms with Crippen LogP contribution in [0.2, 0.25) is 0 Å². The number of amides is 1. The van der Waals surface area contributed by atoms with Crippen molar-refractivity contribution >= 4 is 45.4 Å². The van der Waals surface area contributed by atoms with Gasteiger partial charge < -0.3 is 0 Å². The van der Waals surface area contributed by atoms with E-state index in [0.29, 0.717) is 21.7 Å². The van der Waals surface area contributed by atoms with Crippen LogP contribution >= 0.6 is 23.1 Å². The average Bonchev–Trinajstić information content (AvgIpc) is 3.10. The largest absolute Gasteiger partial charge is 0.287 e. The predicted octanol–water partition coefficient (Wildman–Crippen LogP) is 3.16. The molecule has 7 heteroatoms. The number of hydrogen-bond donors (Lipinski definition) is 0. The molecular formula is C14H12N4OS2. The van der Waals surface area contributed by atoms with Crippen molar-refractivity contribution in [3.8, 4) is 0 Å². The zero-order chi connectivity index (χ0) is 14.7. The lowest BCUT2D eigenvalue weighted by Gasteiger charge is -2.11. The number of pyridine rings is 1. The second kappa shape index (κ2) is 6.19. The molecule has 0 saturated carbocycles. The van der Waals surface area contributed by atoms with Crippen LogP contribution in [0.25, 0.3) is 6.08 Å². The lowest BCUT2D eigenvalue weighted by molar-refractivity contribution is -0.122. The molecule has 0 spiro atoms. The van der Waals surface area contributed by atoms with Crippen LogP contribution in [-0.4, -0.2) is 32.5 Å². The number of aromatic nitrogens is 2. The first kappa shape index (κ1) is 14.0. The molecule has 5 nitrogen and oxygen atoms in total. The summed E-state index contributed by atoms with van der Waals surface area (Å²) in [5, 5.41) is 3.18. The molecule has 21 heavy (non-hydrogen) atoms. The number of aliphatic imine (C=N–C) groups is 1. The zero-order valence-corrected chi connectivity index (χ0v) is 12.9. The van der Waals surface area contributed by atoms with Gasteiger partial charge in [-0.3, -0.25) is 14.7 Å². The molecule has 1 amide bonds. The Morgan fingerprint density at radius 1 is 1.33 bits per heavy atom. The van der Waals surface area contributed by atoms with Gasteiger partial charge in [-0.05, 0) is 36.9 Å². The number of rotatable bonds is 3. The molecule has 1 aliphatic rings. The molecule has 1 saturated heterocycles. The van der Waals surface area contributed by atoms with Crippen molar-refractivity contribution in [2.24, 2.45) is 4.99 Å². The third kappa shape index (κ3) is 3.03. The number of carbonyl (C=O) groups is 1. The number of carbonyl (C=O) groups excluding carboxylic acids is 1. The Balaban J connectivity index is 1.92.